The molecule has 0 bridgehead atoms. The molecule has 9 rings (SSSR count). The van der Waals surface area contributed by atoms with E-state index in [4.69, 9.17) is 0 Å². The summed E-state index contributed by atoms with van der Waals surface area (Å²) in [4.78, 5) is 15.9. The van der Waals surface area contributed by atoms with Crippen LogP contribution in [-0.2, 0) is 0 Å². The average Bonchev–Trinajstić information content (AvgIpc) is 3.33. The molecule has 0 saturated heterocycles. The van der Waals surface area contributed by atoms with Crippen molar-refractivity contribution in [3.05, 3.63) is 277 Å². The largest absolute Gasteiger partial charge is 0.311 e. The van der Waals surface area contributed by atoms with Crippen LogP contribution in [0.3, 0.4) is 0 Å². The lowest BCUT2D eigenvalue weighted by Gasteiger charge is -2.26. The molecule has 0 unspecified atom stereocenters. The fourth-order valence-corrected chi connectivity index (χ4v) is 7.86. The molecule has 9 aromatic rings. The van der Waals surface area contributed by atoms with E-state index in [0.29, 0.717) is 5.56 Å². The van der Waals surface area contributed by atoms with Crippen LogP contribution < -0.4 is 9.80 Å². The molecule has 0 atom stereocenters. The molecule has 0 aliphatic heterocycles. The van der Waals surface area contributed by atoms with Gasteiger partial charge in [-0.05, 0) is 117 Å². The lowest BCUT2D eigenvalue weighted by Crippen LogP contribution is -2.10. The lowest BCUT2D eigenvalue weighted by molar-refractivity contribution is 0.112. The van der Waals surface area contributed by atoms with Gasteiger partial charge < -0.3 is 9.80 Å². The molecular formula is C57H42N2O. The van der Waals surface area contributed by atoms with Crippen molar-refractivity contribution < 1.29 is 4.79 Å². The second-order valence-electron chi connectivity index (χ2n) is 14.5. The van der Waals surface area contributed by atoms with Crippen molar-refractivity contribution in [1.82, 2.24) is 0 Å². The molecule has 0 fully saturated rings. The van der Waals surface area contributed by atoms with Gasteiger partial charge in [-0.15, -0.1) is 0 Å². The first-order valence-corrected chi connectivity index (χ1v) is 20.2. The number of rotatable bonds is 12. The Bertz CT molecular complexity index is 2600. The van der Waals surface area contributed by atoms with Crippen LogP contribution in [0.2, 0.25) is 0 Å². The van der Waals surface area contributed by atoms with Gasteiger partial charge in [0.1, 0.15) is 6.29 Å². The van der Waals surface area contributed by atoms with Crippen LogP contribution in [0.5, 0.6) is 0 Å². The second-order valence-corrected chi connectivity index (χ2v) is 14.5. The normalized spacial score (nSPS) is 10.7. The highest BCUT2D eigenvalue weighted by molar-refractivity contribution is 6.05. The summed E-state index contributed by atoms with van der Waals surface area (Å²) < 4.78 is 0. The molecule has 0 amide bonds. The Balaban J connectivity index is 1.22. The maximum atomic E-state index is 11.4. The van der Waals surface area contributed by atoms with Crippen LogP contribution in [-0.4, -0.2) is 6.29 Å². The van der Waals surface area contributed by atoms with Crippen molar-refractivity contribution in [3.8, 4) is 11.1 Å². The van der Waals surface area contributed by atoms with E-state index in [9.17, 15) is 4.79 Å². The third kappa shape index (κ3) is 8.06. The Kier molecular flexibility index (Phi) is 11.0. The van der Waals surface area contributed by atoms with Crippen LogP contribution in [0.1, 0.15) is 32.6 Å². The van der Waals surface area contributed by atoms with Gasteiger partial charge in [-0.2, -0.15) is 0 Å². The number of carbonyl (C=O) groups is 1. The molecular weight excluding hydrogens is 729 g/mol. The Hall–Kier alpha value is -8.01. The van der Waals surface area contributed by atoms with E-state index in [1.165, 1.54) is 0 Å². The van der Waals surface area contributed by atoms with Gasteiger partial charge in [0, 0.05) is 39.7 Å². The smallest absolute Gasteiger partial charge is 0.150 e. The fourth-order valence-electron chi connectivity index (χ4n) is 7.86. The van der Waals surface area contributed by atoms with E-state index in [1.807, 2.05) is 24.3 Å². The van der Waals surface area contributed by atoms with Gasteiger partial charge in [-0.25, -0.2) is 0 Å². The SMILES string of the molecule is O=Cc1ccc(-c2ccc(C(=C(c3ccc(N(c4ccccc4)c4ccccc4)cc3)c3ccc(N(c4ccccc4)c4ccccc4)cc3)c3ccccc3)cc2)cc1. The van der Waals surface area contributed by atoms with Gasteiger partial charge >= 0.3 is 0 Å². The molecule has 3 nitrogen and oxygen atoms in total. The van der Waals surface area contributed by atoms with Crippen LogP contribution in [0, 0.1) is 0 Å². The van der Waals surface area contributed by atoms with Crippen LogP contribution in [0.25, 0.3) is 22.3 Å². The Morgan fingerprint density at radius 2 is 0.517 bits per heavy atom. The number of nitrogens with zero attached hydrogens (tertiary/aromatic N) is 2. The van der Waals surface area contributed by atoms with E-state index in [2.05, 4.69) is 234 Å². The number of hydrogen-bond donors (Lipinski definition) is 0. The molecule has 0 spiro atoms. The molecule has 286 valence electrons. The minimum atomic E-state index is 0.665. The molecule has 9 aromatic carbocycles. The fraction of sp³-hybridized carbons (Fsp3) is 0. The minimum absolute atomic E-state index is 0.665. The molecule has 0 aliphatic carbocycles. The highest BCUT2D eigenvalue weighted by Gasteiger charge is 2.20. The van der Waals surface area contributed by atoms with Crippen LogP contribution in [0.4, 0.5) is 34.1 Å². The molecule has 0 N–H and O–H groups in total. The zero-order valence-corrected chi connectivity index (χ0v) is 33.1. The molecule has 60 heavy (non-hydrogen) atoms. The monoisotopic (exact) mass is 770 g/mol. The zero-order chi connectivity index (χ0) is 40.5. The lowest BCUT2D eigenvalue weighted by atomic mass is 9.85. The second kappa shape index (κ2) is 17.6. The maximum absolute atomic E-state index is 11.4. The molecule has 0 saturated carbocycles. The van der Waals surface area contributed by atoms with E-state index < -0.39 is 0 Å². The van der Waals surface area contributed by atoms with Crippen molar-refractivity contribution in [2.45, 2.75) is 0 Å². The van der Waals surface area contributed by atoms with E-state index >= 15 is 0 Å². The predicted octanol–water partition coefficient (Wildman–Crippen LogP) is 15.1. The van der Waals surface area contributed by atoms with E-state index in [0.717, 1.165) is 84.9 Å². The van der Waals surface area contributed by atoms with Crippen molar-refractivity contribution >= 4 is 51.6 Å². The number of hydrogen-bond acceptors (Lipinski definition) is 3. The summed E-state index contributed by atoms with van der Waals surface area (Å²) >= 11 is 0. The third-order valence-corrected chi connectivity index (χ3v) is 10.8. The van der Waals surface area contributed by atoms with Gasteiger partial charge in [0.15, 0.2) is 0 Å². The highest BCUT2D eigenvalue weighted by Crippen LogP contribution is 2.42. The van der Waals surface area contributed by atoms with Crippen LogP contribution in [0.15, 0.2) is 249 Å². The molecule has 0 aromatic heterocycles. The topological polar surface area (TPSA) is 23.6 Å². The summed E-state index contributed by atoms with van der Waals surface area (Å²) in [5, 5.41) is 0. The van der Waals surface area contributed by atoms with Gasteiger partial charge in [-0.3, -0.25) is 4.79 Å². The number of aldehydes is 1. The average molecular weight is 771 g/mol. The maximum Gasteiger partial charge on any atom is 0.150 e. The van der Waals surface area contributed by atoms with E-state index in [-0.39, 0.29) is 0 Å². The Labute approximate surface area is 352 Å². The van der Waals surface area contributed by atoms with E-state index in [1.54, 1.807) is 0 Å². The van der Waals surface area contributed by atoms with Crippen molar-refractivity contribution in [2.24, 2.45) is 0 Å². The first kappa shape index (κ1) is 37.6. The quantitative estimate of drug-likeness (QED) is 0.0913. The van der Waals surface area contributed by atoms with Gasteiger partial charge in [-0.1, -0.05) is 176 Å². The van der Waals surface area contributed by atoms with Gasteiger partial charge in [0.05, 0.1) is 0 Å². The van der Waals surface area contributed by atoms with Crippen molar-refractivity contribution in [1.29, 1.82) is 0 Å². The van der Waals surface area contributed by atoms with Crippen molar-refractivity contribution in [3.63, 3.8) is 0 Å². The molecule has 0 aliphatic rings. The molecule has 0 heterocycles. The van der Waals surface area contributed by atoms with Crippen LogP contribution >= 0.6 is 0 Å². The first-order valence-electron chi connectivity index (χ1n) is 20.2. The summed E-state index contributed by atoms with van der Waals surface area (Å²) in [5.74, 6) is 0. The highest BCUT2D eigenvalue weighted by atomic mass is 16.1. The van der Waals surface area contributed by atoms with Crippen molar-refractivity contribution in [2.75, 3.05) is 9.80 Å². The number of anilines is 6. The number of carbonyl (C=O) groups excluding carboxylic acids is 1. The summed E-state index contributed by atoms with van der Waals surface area (Å²) in [6.45, 7) is 0. The number of benzene rings is 9. The third-order valence-electron chi connectivity index (χ3n) is 10.8. The Morgan fingerprint density at radius 1 is 0.267 bits per heavy atom. The minimum Gasteiger partial charge on any atom is -0.311 e. The number of para-hydroxylation sites is 4. The molecule has 0 radical (unpaired) electrons. The standard InChI is InChI=1S/C57H42N2O/c60-42-43-26-28-44(29-27-43)45-30-32-47(33-31-45)56(46-16-6-1-7-17-46)57(48-34-38-54(39-35-48)58(50-18-8-2-9-19-50)51-20-10-3-11-21-51)49-36-40-55(41-37-49)59(52-22-12-4-13-23-52)53-24-14-5-15-25-53/h1-42H. The molecule has 3 heteroatoms. The summed E-state index contributed by atoms with van der Waals surface area (Å²) in [5.41, 5.74) is 16.0. The Morgan fingerprint density at radius 3 is 0.833 bits per heavy atom. The zero-order valence-electron chi connectivity index (χ0n) is 33.1. The predicted molar refractivity (Wildman–Crippen MR) is 251 cm³/mol. The summed E-state index contributed by atoms with van der Waals surface area (Å²) in [7, 11) is 0. The summed E-state index contributed by atoms with van der Waals surface area (Å²) in [6.07, 6.45) is 0.881. The first-order chi connectivity index (χ1) is 29.7. The van der Waals surface area contributed by atoms with Gasteiger partial charge in [0.25, 0.3) is 0 Å². The summed E-state index contributed by atoms with van der Waals surface area (Å²) in [6, 6.07) is 87.2. The van der Waals surface area contributed by atoms with Gasteiger partial charge in [0.2, 0.25) is 0 Å².